The van der Waals surface area contributed by atoms with E-state index in [1.807, 2.05) is 24.3 Å². The molecule has 0 bridgehead atoms. The molecule has 0 saturated heterocycles. The molecule has 0 spiro atoms. The molecule has 1 atom stereocenters. The SMILES string of the molecule is O=S(=O)(NCCC(O)c1cc2ccccc2o1)c1ccc(Cl)s1. The summed E-state index contributed by atoms with van der Waals surface area (Å²) in [5.41, 5.74) is 0.690. The van der Waals surface area contributed by atoms with Crippen molar-refractivity contribution in [1.29, 1.82) is 0 Å². The first-order chi connectivity index (χ1) is 11.0. The molecular formula is C15H14ClNO4S2. The molecule has 0 radical (unpaired) electrons. The van der Waals surface area contributed by atoms with Gasteiger partial charge >= 0.3 is 0 Å². The number of furan rings is 1. The van der Waals surface area contributed by atoms with Crippen LogP contribution >= 0.6 is 22.9 Å². The average Bonchev–Trinajstić information content (AvgIpc) is 3.13. The standard InChI is InChI=1S/C15H14ClNO4S2/c16-14-5-6-15(22-14)23(19,20)17-8-7-11(18)13-9-10-3-1-2-4-12(10)21-13/h1-6,9,11,17-18H,7-8H2. The maximum Gasteiger partial charge on any atom is 0.250 e. The monoisotopic (exact) mass is 371 g/mol. The van der Waals surface area contributed by atoms with Gasteiger partial charge in [0.15, 0.2) is 0 Å². The average molecular weight is 372 g/mol. The molecule has 122 valence electrons. The van der Waals surface area contributed by atoms with Gasteiger partial charge in [0, 0.05) is 11.9 Å². The molecule has 2 N–H and O–H groups in total. The molecule has 2 aromatic heterocycles. The Hall–Kier alpha value is -1.38. The topological polar surface area (TPSA) is 79.5 Å². The highest BCUT2D eigenvalue weighted by molar-refractivity contribution is 7.91. The zero-order valence-corrected chi connectivity index (χ0v) is 14.3. The summed E-state index contributed by atoms with van der Waals surface area (Å²) >= 11 is 6.73. The van der Waals surface area contributed by atoms with Gasteiger partial charge in [-0.25, -0.2) is 13.1 Å². The van der Waals surface area contributed by atoms with Crippen LogP contribution in [0.2, 0.25) is 4.34 Å². The number of thiophene rings is 1. The van der Waals surface area contributed by atoms with Gasteiger partial charge in [-0.1, -0.05) is 29.8 Å². The van der Waals surface area contributed by atoms with Gasteiger partial charge in [0.25, 0.3) is 0 Å². The summed E-state index contributed by atoms with van der Waals surface area (Å²) < 4.78 is 32.6. The van der Waals surface area contributed by atoms with Crippen molar-refractivity contribution in [1.82, 2.24) is 4.72 Å². The number of para-hydroxylation sites is 1. The molecule has 0 aliphatic rings. The van der Waals surface area contributed by atoms with Crippen molar-refractivity contribution in [2.45, 2.75) is 16.7 Å². The molecule has 0 aliphatic carbocycles. The molecule has 0 saturated carbocycles. The van der Waals surface area contributed by atoms with Crippen molar-refractivity contribution in [3.8, 4) is 0 Å². The predicted octanol–water partition coefficient (Wildman–Crippen LogP) is 3.55. The third-order valence-electron chi connectivity index (χ3n) is 3.30. The quantitative estimate of drug-likeness (QED) is 0.694. The van der Waals surface area contributed by atoms with E-state index in [0.29, 0.717) is 15.7 Å². The van der Waals surface area contributed by atoms with Crippen LogP contribution in [0.25, 0.3) is 11.0 Å². The lowest BCUT2D eigenvalue weighted by atomic mass is 10.2. The van der Waals surface area contributed by atoms with E-state index in [1.54, 1.807) is 6.07 Å². The number of benzene rings is 1. The molecule has 1 aromatic carbocycles. The zero-order valence-electron chi connectivity index (χ0n) is 11.9. The highest BCUT2D eigenvalue weighted by Crippen LogP contribution is 2.27. The molecule has 0 aliphatic heterocycles. The highest BCUT2D eigenvalue weighted by atomic mass is 35.5. The van der Waals surface area contributed by atoms with E-state index >= 15 is 0 Å². The van der Waals surface area contributed by atoms with Crippen LogP contribution in [0.5, 0.6) is 0 Å². The summed E-state index contributed by atoms with van der Waals surface area (Å²) in [6, 6.07) is 12.2. The van der Waals surface area contributed by atoms with Gasteiger partial charge in [-0.15, -0.1) is 11.3 Å². The fourth-order valence-corrected chi connectivity index (χ4v) is 4.73. The molecule has 8 heteroatoms. The number of aliphatic hydroxyl groups is 1. The maximum absolute atomic E-state index is 12.0. The Morgan fingerprint density at radius 3 is 2.74 bits per heavy atom. The maximum atomic E-state index is 12.0. The van der Waals surface area contributed by atoms with E-state index in [2.05, 4.69) is 4.72 Å². The fraction of sp³-hybridized carbons (Fsp3) is 0.200. The Bertz CT molecular complexity index is 883. The van der Waals surface area contributed by atoms with Crippen molar-refractivity contribution in [2.24, 2.45) is 0 Å². The largest absolute Gasteiger partial charge is 0.458 e. The molecular weight excluding hydrogens is 358 g/mol. The summed E-state index contributed by atoms with van der Waals surface area (Å²) in [5.74, 6) is 0.421. The van der Waals surface area contributed by atoms with Crippen molar-refractivity contribution in [3.05, 3.63) is 52.6 Å². The molecule has 0 amide bonds. The zero-order chi connectivity index (χ0) is 16.4. The summed E-state index contributed by atoms with van der Waals surface area (Å²) in [7, 11) is -3.60. The van der Waals surface area contributed by atoms with Gasteiger partial charge in [-0.05, 0) is 30.7 Å². The van der Waals surface area contributed by atoms with Crippen LogP contribution in [-0.2, 0) is 10.0 Å². The minimum absolute atomic E-state index is 0.0933. The Morgan fingerprint density at radius 2 is 2.04 bits per heavy atom. The van der Waals surface area contributed by atoms with Crippen LogP contribution < -0.4 is 4.72 Å². The van der Waals surface area contributed by atoms with E-state index in [0.717, 1.165) is 16.7 Å². The van der Waals surface area contributed by atoms with Crippen LogP contribution in [0.15, 0.2) is 51.1 Å². The number of halogens is 1. The van der Waals surface area contributed by atoms with E-state index in [4.69, 9.17) is 16.0 Å². The normalized spacial score (nSPS) is 13.5. The number of nitrogens with one attached hydrogen (secondary N) is 1. The lowest BCUT2D eigenvalue weighted by Gasteiger charge is -2.08. The molecule has 23 heavy (non-hydrogen) atoms. The molecule has 5 nitrogen and oxygen atoms in total. The number of fused-ring (bicyclic) bond motifs is 1. The number of hydrogen-bond acceptors (Lipinski definition) is 5. The number of sulfonamides is 1. The third-order valence-corrected chi connectivity index (χ3v) is 6.48. The Labute approximate surface area is 142 Å². The van der Waals surface area contributed by atoms with E-state index in [1.165, 1.54) is 12.1 Å². The Kier molecular flexibility index (Phi) is 4.74. The van der Waals surface area contributed by atoms with Crippen LogP contribution in [0.3, 0.4) is 0 Å². The number of aliphatic hydroxyl groups excluding tert-OH is 1. The van der Waals surface area contributed by atoms with E-state index < -0.39 is 16.1 Å². The second-order valence-corrected chi connectivity index (χ2v) is 8.66. The Morgan fingerprint density at radius 1 is 1.26 bits per heavy atom. The molecule has 0 fully saturated rings. The van der Waals surface area contributed by atoms with Crippen molar-refractivity contribution in [2.75, 3.05) is 6.54 Å². The van der Waals surface area contributed by atoms with Gasteiger partial charge in [0.2, 0.25) is 10.0 Å². The number of hydrogen-bond donors (Lipinski definition) is 2. The van der Waals surface area contributed by atoms with Crippen molar-refractivity contribution >= 4 is 43.9 Å². The lowest BCUT2D eigenvalue weighted by molar-refractivity contribution is 0.144. The van der Waals surface area contributed by atoms with Crippen molar-refractivity contribution in [3.63, 3.8) is 0 Å². The van der Waals surface area contributed by atoms with E-state index in [9.17, 15) is 13.5 Å². The highest BCUT2D eigenvalue weighted by Gasteiger charge is 2.18. The van der Waals surface area contributed by atoms with Crippen LogP contribution in [0.1, 0.15) is 18.3 Å². The molecule has 1 unspecified atom stereocenters. The Balaban J connectivity index is 1.61. The van der Waals surface area contributed by atoms with Gasteiger partial charge in [-0.3, -0.25) is 0 Å². The first-order valence-electron chi connectivity index (χ1n) is 6.87. The minimum Gasteiger partial charge on any atom is -0.458 e. The number of rotatable bonds is 6. The van der Waals surface area contributed by atoms with Gasteiger partial charge in [-0.2, -0.15) is 0 Å². The minimum atomic E-state index is -3.60. The molecule has 3 rings (SSSR count). The summed E-state index contributed by atoms with van der Waals surface area (Å²) in [4.78, 5) is 0. The third kappa shape index (κ3) is 3.76. The first-order valence-corrected chi connectivity index (χ1v) is 9.55. The second-order valence-electron chi connectivity index (χ2n) is 4.95. The van der Waals surface area contributed by atoms with Crippen molar-refractivity contribution < 1.29 is 17.9 Å². The van der Waals surface area contributed by atoms with Gasteiger partial charge in [0.05, 0.1) is 4.34 Å². The van der Waals surface area contributed by atoms with Gasteiger partial charge < -0.3 is 9.52 Å². The van der Waals surface area contributed by atoms with Gasteiger partial charge in [0.1, 0.15) is 21.7 Å². The van der Waals surface area contributed by atoms with Crippen LogP contribution in [0, 0.1) is 0 Å². The smallest absolute Gasteiger partial charge is 0.250 e. The molecule has 3 aromatic rings. The summed E-state index contributed by atoms with van der Waals surface area (Å²) in [6.45, 7) is 0.0933. The first kappa shape index (κ1) is 16.5. The molecule has 2 heterocycles. The van der Waals surface area contributed by atoms with Crippen LogP contribution in [-0.4, -0.2) is 20.1 Å². The second kappa shape index (κ2) is 6.62. The lowest BCUT2D eigenvalue weighted by Crippen LogP contribution is -2.25. The summed E-state index contributed by atoms with van der Waals surface area (Å²) in [6.07, 6.45) is -0.671. The summed E-state index contributed by atoms with van der Waals surface area (Å²) in [5, 5.41) is 11.0. The fourth-order valence-electron chi connectivity index (χ4n) is 2.15. The van der Waals surface area contributed by atoms with Crippen LogP contribution in [0.4, 0.5) is 0 Å². The van der Waals surface area contributed by atoms with E-state index in [-0.39, 0.29) is 17.2 Å². The predicted molar refractivity (Wildman–Crippen MR) is 90.3 cm³/mol.